The monoisotopic (exact) mass is 532 g/mol. The molecule has 1 amide bonds. The fourth-order valence-corrected chi connectivity index (χ4v) is 4.49. The zero-order chi connectivity index (χ0) is 24.0. The zero-order valence-corrected chi connectivity index (χ0v) is 21.9. The molecular formula is C24H29BrN4O3S. The Balaban J connectivity index is 1.71. The van der Waals surface area contributed by atoms with E-state index in [1.54, 1.807) is 7.11 Å². The van der Waals surface area contributed by atoms with Crippen molar-refractivity contribution in [2.75, 3.05) is 18.2 Å². The third kappa shape index (κ3) is 6.98. The van der Waals surface area contributed by atoms with E-state index in [1.807, 2.05) is 60.9 Å². The van der Waals surface area contributed by atoms with Crippen molar-refractivity contribution in [1.29, 1.82) is 0 Å². The van der Waals surface area contributed by atoms with E-state index in [0.717, 1.165) is 33.8 Å². The Labute approximate surface area is 207 Å². The average Bonchev–Trinajstić information content (AvgIpc) is 3.16. The maximum atomic E-state index is 12.6. The van der Waals surface area contributed by atoms with Gasteiger partial charge in [0, 0.05) is 22.8 Å². The molecule has 0 saturated carbocycles. The summed E-state index contributed by atoms with van der Waals surface area (Å²) in [6, 6.07) is 13.2. The summed E-state index contributed by atoms with van der Waals surface area (Å²) >= 11 is 4.81. The number of halogens is 1. The standard InChI is InChI=1S/C24H29BrN4O3S/c1-15(2)13-29-23(17(4)32-20-8-6-7-19(12-20)31-5)27-28-24(29)33-14-22(30)26-21-10-9-18(25)11-16(21)3/h6-12,15,17H,13-14H2,1-5H3,(H,26,30). The van der Waals surface area contributed by atoms with Crippen molar-refractivity contribution in [3.63, 3.8) is 0 Å². The van der Waals surface area contributed by atoms with E-state index in [-0.39, 0.29) is 17.8 Å². The van der Waals surface area contributed by atoms with Gasteiger partial charge in [-0.1, -0.05) is 47.6 Å². The molecule has 7 nitrogen and oxygen atoms in total. The van der Waals surface area contributed by atoms with Crippen LogP contribution in [0.1, 0.15) is 38.3 Å². The van der Waals surface area contributed by atoms with Crippen LogP contribution in [0.4, 0.5) is 5.69 Å². The van der Waals surface area contributed by atoms with Crippen LogP contribution < -0.4 is 14.8 Å². The summed E-state index contributed by atoms with van der Waals surface area (Å²) in [5, 5.41) is 12.4. The Hall–Kier alpha value is -2.52. The van der Waals surface area contributed by atoms with Gasteiger partial charge in [-0.3, -0.25) is 4.79 Å². The molecule has 0 fully saturated rings. The highest BCUT2D eigenvalue weighted by molar-refractivity contribution is 9.10. The Bertz CT molecular complexity index is 1100. The molecule has 33 heavy (non-hydrogen) atoms. The van der Waals surface area contributed by atoms with E-state index in [1.165, 1.54) is 11.8 Å². The van der Waals surface area contributed by atoms with Crippen LogP contribution in [0.2, 0.25) is 0 Å². The molecule has 1 heterocycles. The third-order valence-electron chi connectivity index (χ3n) is 4.81. The summed E-state index contributed by atoms with van der Waals surface area (Å²) < 4.78 is 14.4. The van der Waals surface area contributed by atoms with Gasteiger partial charge in [0.2, 0.25) is 5.91 Å². The molecule has 0 spiro atoms. The number of nitrogens with one attached hydrogen (secondary N) is 1. The van der Waals surface area contributed by atoms with Gasteiger partial charge in [0.1, 0.15) is 11.5 Å². The highest BCUT2D eigenvalue weighted by atomic mass is 79.9. The second kappa shape index (κ2) is 11.6. The smallest absolute Gasteiger partial charge is 0.234 e. The number of ether oxygens (including phenoxy) is 2. The summed E-state index contributed by atoms with van der Waals surface area (Å²) in [5.41, 5.74) is 1.80. The topological polar surface area (TPSA) is 78.3 Å². The van der Waals surface area contributed by atoms with Crippen LogP contribution in [-0.2, 0) is 11.3 Å². The second-order valence-electron chi connectivity index (χ2n) is 8.08. The first kappa shape index (κ1) is 25.1. The van der Waals surface area contributed by atoms with E-state index >= 15 is 0 Å². The molecular weight excluding hydrogens is 504 g/mol. The SMILES string of the molecule is COc1cccc(OC(C)c2nnc(SCC(=O)Nc3ccc(Br)cc3C)n2CC(C)C)c1. The maximum Gasteiger partial charge on any atom is 0.234 e. The Morgan fingerprint density at radius 2 is 1.91 bits per heavy atom. The lowest BCUT2D eigenvalue weighted by atomic mass is 10.2. The predicted octanol–water partition coefficient (Wildman–Crippen LogP) is 5.88. The number of aromatic nitrogens is 3. The number of anilines is 1. The summed E-state index contributed by atoms with van der Waals surface area (Å²) in [6.07, 6.45) is -0.322. The number of rotatable bonds is 10. The lowest BCUT2D eigenvalue weighted by molar-refractivity contribution is -0.113. The van der Waals surface area contributed by atoms with Gasteiger partial charge in [-0.25, -0.2) is 0 Å². The lowest BCUT2D eigenvalue weighted by Crippen LogP contribution is -2.17. The van der Waals surface area contributed by atoms with Crippen molar-refractivity contribution in [3.8, 4) is 11.5 Å². The van der Waals surface area contributed by atoms with E-state index in [0.29, 0.717) is 16.8 Å². The normalized spacial score (nSPS) is 12.0. The average molecular weight is 533 g/mol. The van der Waals surface area contributed by atoms with Gasteiger partial charge in [-0.15, -0.1) is 10.2 Å². The Morgan fingerprint density at radius 3 is 2.61 bits per heavy atom. The first-order valence-corrected chi connectivity index (χ1v) is 12.5. The number of hydrogen-bond acceptors (Lipinski definition) is 6. The predicted molar refractivity (Wildman–Crippen MR) is 135 cm³/mol. The molecule has 0 aliphatic rings. The molecule has 2 aromatic carbocycles. The number of benzene rings is 2. The quantitative estimate of drug-likeness (QED) is 0.328. The highest BCUT2D eigenvalue weighted by Gasteiger charge is 2.21. The summed E-state index contributed by atoms with van der Waals surface area (Å²) in [4.78, 5) is 12.6. The number of amides is 1. The minimum absolute atomic E-state index is 0.0910. The zero-order valence-electron chi connectivity index (χ0n) is 19.5. The summed E-state index contributed by atoms with van der Waals surface area (Å²) in [7, 11) is 1.62. The van der Waals surface area contributed by atoms with Gasteiger partial charge in [0.05, 0.1) is 12.9 Å². The molecule has 3 rings (SSSR count). The number of thioether (sulfide) groups is 1. The first-order chi connectivity index (χ1) is 15.8. The molecule has 0 saturated heterocycles. The van der Waals surface area contributed by atoms with Crippen molar-refractivity contribution in [3.05, 3.63) is 58.3 Å². The molecule has 0 radical (unpaired) electrons. The van der Waals surface area contributed by atoms with Gasteiger partial charge >= 0.3 is 0 Å². The summed E-state index contributed by atoms with van der Waals surface area (Å²) in [6.45, 7) is 8.90. The van der Waals surface area contributed by atoms with E-state index in [2.05, 4.69) is 45.3 Å². The van der Waals surface area contributed by atoms with Crippen LogP contribution in [0.3, 0.4) is 0 Å². The first-order valence-electron chi connectivity index (χ1n) is 10.7. The fourth-order valence-electron chi connectivity index (χ4n) is 3.26. The molecule has 176 valence electrons. The van der Waals surface area contributed by atoms with Crippen LogP contribution in [0, 0.1) is 12.8 Å². The fraction of sp³-hybridized carbons (Fsp3) is 0.375. The van der Waals surface area contributed by atoms with Crippen LogP contribution >= 0.6 is 27.7 Å². The molecule has 0 aliphatic heterocycles. The van der Waals surface area contributed by atoms with Crippen LogP contribution in [0.25, 0.3) is 0 Å². The minimum Gasteiger partial charge on any atom is -0.497 e. The number of carbonyl (C=O) groups is 1. The van der Waals surface area contributed by atoms with Crippen molar-refractivity contribution in [2.24, 2.45) is 5.92 Å². The number of methoxy groups -OCH3 is 1. The molecule has 9 heteroatoms. The molecule has 1 aromatic heterocycles. The van der Waals surface area contributed by atoms with Gasteiger partial charge < -0.3 is 19.4 Å². The number of hydrogen-bond donors (Lipinski definition) is 1. The number of carbonyl (C=O) groups excluding carboxylic acids is 1. The minimum atomic E-state index is -0.322. The van der Waals surface area contributed by atoms with E-state index < -0.39 is 0 Å². The van der Waals surface area contributed by atoms with Crippen LogP contribution in [0.15, 0.2) is 52.1 Å². The molecule has 1 atom stereocenters. The molecule has 1 N–H and O–H groups in total. The van der Waals surface area contributed by atoms with Crippen molar-refractivity contribution in [2.45, 2.75) is 45.5 Å². The Kier molecular flexibility index (Phi) is 8.80. The number of nitrogens with zero attached hydrogens (tertiary/aromatic N) is 3. The molecule has 3 aromatic rings. The van der Waals surface area contributed by atoms with Crippen LogP contribution in [0.5, 0.6) is 11.5 Å². The van der Waals surface area contributed by atoms with Crippen molar-refractivity contribution >= 4 is 39.3 Å². The summed E-state index contributed by atoms with van der Waals surface area (Å²) in [5.74, 6) is 2.66. The van der Waals surface area contributed by atoms with E-state index in [4.69, 9.17) is 9.47 Å². The Morgan fingerprint density at radius 1 is 1.15 bits per heavy atom. The van der Waals surface area contributed by atoms with Gasteiger partial charge in [0.15, 0.2) is 17.1 Å². The highest BCUT2D eigenvalue weighted by Crippen LogP contribution is 2.28. The second-order valence-corrected chi connectivity index (χ2v) is 9.94. The van der Waals surface area contributed by atoms with Crippen LogP contribution in [-0.4, -0.2) is 33.5 Å². The van der Waals surface area contributed by atoms with Crippen molar-refractivity contribution in [1.82, 2.24) is 14.8 Å². The van der Waals surface area contributed by atoms with Gasteiger partial charge in [0.25, 0.3) is 0 Å². The maximum absolute atomic E-state index is 12.6. The third-order valence-corrected chi connectivity index (χ3v) is 6.27. The van der Waals surface area contributed by atoms with Crippen molar-refractivity contribution < 1.29 is 14.3 Å². The van der Waals surface area contributed by atoms with Gasteiger partial charge in [-0.05, 0) is 55.7 Å². The number of aryl methyl sites for hydroxylation is 1. The molecule has 1 unspecified atom stereocenters. The van der Waals surface area contributed by atoms with Gasteiger partial charge in [-0.2, -0.15) is 0 Å². The molecule has 0 aliphatic carbocycles. The largest absolute Gasteiger partial charge is 0.497 e. The molecule has 0 bridgehead atoms. The van der Waals surface area contributed by atoms with E-state index in [9.17, 15) is 4.79 Å². The lowest BCUT2D eigenvalue weighted by Gasteiger charge is -2.18.